The van der Waals surface area contributed by atoms with Crippen molar-refractivity contribution in [1.29, 1.82) is 0 Å². The van der Waals surface area contributed by atoms with Gasteiger partial charge in [-0.25, -0.2) is 0 Å². The number of aliphatic hydroxyl groups is 1. The zero-order valence-electron chi connectivity index (χ0n) is 16.0. The van der Waals surface area contributed by atoms with Crippen LogP contribution in [0.25, 0.3) is 21.8 Å². The summed E-state index contributed by atoms with van der Waals surface area (Å²) in [5.41, 5.74) is 3.24. The van der Waals surface area contributed by atoms with Crippen LogP contribution in [0.3, 0.4) is 0 Å². The monoisotopic (exact) mass is 365 g/mol. The van der Waals surface area contributed by atoms with Crippen LogP contribution >= 0.6 is 0 Å². The minimum absolute atomic E-state index is 0.00460. The molecule has 1 aromatic heterocycles. The Morgan fingerprint density at radius 2 is 1.85 bits per heavy atom. The molecule has 0 saturated carbocycles. The average molecular weight is 365 g/mol. The molecule has 4 rings (SSSR count). The lowest BCUT2D eigenvalue weighted by Gasteiger charge is -2.33. The van der Waals surface area contributed by atoms with E-state index in [-0.39, 0.29) is 18.1 Å². The van der Waals surface area contributed by atoms with Gasteiger partial charge < -0.3 is 15.0 Å². The molecule has 0 unspecified atom stereocenters. The van der Waals surface area contributed by atoms with E-state index in [1.165, 1.54) is 21.8 Å². The van der Waals surface area contributed by atoms with Gasteiger partial charge in [0.25, 0.3) is 0 Å². The zero-order chi connectivity index (χ0) is 19.0. The van der Waals surface area contributed by atoms with Crippen LogP contribution in [0.4, 0.5) is 5.69 Å². The maximum Gasteiger partial charge on any atom is 0.241 e. The van der Waals surface area contributed by atoms with Gasteiger partial charge in [0, 0.05) is 47.1 Å². The number of likely N-dealkylation sites (tertiary alicyclic amines) is 1. The number of carbonyl (C=O) groups excluding carboxylic acids is 1. The lowest BCUT2D eigenvalue weighted by atomic mass is 10.1. The minimum Gasteiger partial charge on any atom is -0.393 e. The third kappa shape index (κ3) is 3.33. The molecule has 1 fully saturated rings. The second-order valence-electron chi connectivity index (χ2n) is 7.43. The number of carbonyl (C=O) groups is 1. The molecule has 1 amide bonds. The summed E-state index contributed by atoms with van der Waals surface area (Å²) in [5.74, 6) is 0.00460. The predicted molar refractivity (Wildman–Crippen MR) is 110 cm³/mol. The summed E-state index contributed by atoms with van der Waals surface area (Å²) in [4.78, 5) is 14.9. The van der Waals surface area contributed by atoms with Crippen molar-refractivity contribution in [2.75, 3.05) is 18.4 Å². The number of aryl methyl sites for hydroxylation is 1. The molecule has 0 radical (unpaired) electrons. The fourth-order valence-corrected chi connectivity index (χ4v) is 4.16. The number of anilines is 1. The summed E-state index contributed by atoms with van der Waals surface area (Å²) in [7, 11) is 0. The number of piperidine rings is 1. The Bertz CT molecular complexity index is 970. The topological polar surface area (TPSA) is 57.5 Å². The van der Waals surface area contributed by atoms with Crippen molar-refractivity contribution in [2.45, 2.75) is 45.4 Å². The molecule has 3 aromatic rings. The number of para-hydroxylation sites is 1. The summed E-state index contributed by atoms with van der Waals surface area (Å²) in [6.07, 6.45) is 1.25. The minimum atomic E-state index is -0.227. The molecule has 0 spiro atoms. The van der Waals surface area contributed by atoms with E-state index in [0.29, 0.717) is 0 Å². The fourth-order valence-electron chi connectivity index (χ4n) is 4.16. The molecule has 2 N–H and O–H groups in total. The molecule has 0 aliphatic carbocycles. The first-order chi connectivity index (χ1) is 13.1. The first-order valence-corrected chi connectivity index (χ1v) is 9.82. The molecule has 1 aliphatic rings. The van der Waals surface area contributed by atoms with Gasteiger partial charge in [0.1, 0.15) is 0 Å². The number of fused-ring (bicyclic) bond motifs is 3. The number of amides is 1. The Morgan fingerprint density at radius 3 is 2.59 bits per heavy atom. The number of aromatic nitrogens is 1. The van der Waals surface area contributed by atoms with Crippen LogP contribution in [-0.4, -0.2) is 45.7 Å². The highest BCUT2D eigenvalue weighted by Gasteiger charge is 2.25. The number of nitrogens with one attached hydrogen (secondary N) is 1. The number of hydrogen-bond donors (Lipinski definition) is 2. The third-order valence-electron chi connectivity index (χ3n) is 5.78. The Balaban J connectivity index is 1.59. The van der Waals surface area contributed by atoms with Crippen LogP contribution < -0.4 is 5.32 Å². The van der Waals surface area contributed by atoms with Crippen molar-refractivity contribution >= 4 is 33.4 Å². The Hall–Kier alpha value is -2.37. The van der Waals surface area contributed by atoms with Crippen molar-refractivity contribution in [3.05, 3.63) is 42.5 Å². The molecule has 5 heteroatoms. The van der Waals surface area contributed by atoms with E-state index in [2.05, 4.69) is 58.1 Å². The van der Waals surface area contributed by atoms with E-state index in [1.807, 2.05) is 13.0 Å². The van der Waals surface area contributed by atoms with Crippen LogP contribution in [0.1, 0.15) is 26.7 Å². The molecule has 5 nitrogen and oxygen atoms in total. The van der Waals surface area contributed by atoms with Gasteiger partial charge in [-0.3, -0.25) is 9.69 Å². The van der Waals surface area contributed by atoms with Crippen molar-refractivity contribution in [3.8, 4) is 0 Å². The molecule has 2 aromatic carbocycles. The van der Waals surface area contributed by atoms with Gasteiger partial charge in [-0.15, -0.1) is 0 Å². The standard InChI is InChI=1S/C22H27N3O2/c1-3-25-20-7-5-4-6-18(20)19-14-16(8-9-21(19)25)23-22(27)15(2)24-12-10-17(26)11-13-24/h4-9,14-15,17,26H,3,10-13H2,1-2H3,(H,23,27)/t15-/m1/s1. The van der Waals surface area contributed by atoms with Gasteiger partial charge in [0.05, 0.1) is 12.1 Å². The van der Waals surface area contributed by atoms with E-state index in [0.717, 1.165) is 38.2 Å². The molecule has 27 heavy (non-hydrogen) atoms. The smallest absolute Gasteiger partial charge is 0.241 e. The first-order valence-electron chi connectivity index (χ1n) is 9.82. The molecule has 0 bridgehead atoms. The Kier molecular flexibility index (Phi) is 4.89. The van der Waals surface area contributed by atoms with Crippen molar-refractivity contribution in [1.82, 2.24) is 9.47 Å². The van der Waals surface area contributed by atoms with E-state index in [9.17, 15) is 9.90 Å². The average Bonchev–Trinajstić information content (AvgIpc) is 3.01. The fraction of sp³-hybridized carbons (Fsp3) is 0.409. The number of benzene rings is 2. The Labute approximate surface area is 159 Å². The van der Waals surface area contributed by atoms with E-state index < -0.39 is 0 Å². The van der Waals surface area contributed by atoms with E-state index in [1.54, 1.807) is 0 Å². The van der Waals surface area contributed by atoms with Crippen LogP contribution in [0.5, 0.6) is 0 Å². The van der Waals surface area contributed by atoms with Crippen LogP contribution in [0.2, 0.25) is 0 Å². The lowest BCUT2D eigenvalue weighted by Crippen LogP contribution is -2.47. The predicted octanol–water partition coefficient (Wildman–Crippen LogP) is 3.60. The molecule has 1 saturated heterocycles. The largest absolute Gasteiger partial charge is 0.393 e. The van der Waals surface area contributed by atoms with Crippen molar-refractivity contribution < 1.29 is 9.90 Å². The van der Waals surface area contributed by atoms with Gasteiger partial charge in [0.15, 0.2) is 0 Å². The lowest BCUT2D eigenvalue weighted by molar-refractivity contribution is -0.121. The number of aliphatic hydroxyl groups excluding tert-OH is 1. The maximum atomic E-state index is 12.7. The molecule has 1 aliphatic heterocycles. The summed E-state index contributed by atoms with van der Waals surface area (Å²) in [5, 5.41) is 15.1. The van der Waals surface area contributed by atoms with Gasteiger partial charge in [-0.05, 0) is 51.0 Å². The van der Waals surface area contributed by atoms with Crippen LogP contribution in [-0.2, 0) is 11.3 Å². The second-order valence-corrected chi connectivity index (χ2v) is 7.43. The Morgan fingerprint density at radius 1 is 1.15 bits per heavy atom. The zero-order valence-corrected chi connectivity index (χ0v) is 16.0. The van der Waals surface area contributed by atoms with E-state index >= 15 is 0 Å². The quantitative estimate of drug-likeness (QED) is 0.743. The van der Waals surface area contributed by atoms with Gasteiger partial charge >= 0.3 is 0 Å². The molecule has 142 valence electrons. The van der Waals surface area contributed by atoms with Crippen molar-refractivity contribution in [3.63, 3.8) is 0 Å². The number of nitrogens with zero attached hydrogens (tertiary/aromatic N) is 2. The highest BCUT2D eigenvalue weighted by atomic mass is 16.3. The van der Waals surface area contributed by atoms with Crippen molar-refractivity contribution in [2.24, 2.45) is 0 Å². The SMILES string of the molecule is CCn1c2ccccc2c2cc(NC(=O)[C@@H](C)N3CCC(O)CC3)ccc21. The number of rotatable bonds is 4. The third-order valence-corrected chi connectivity index (χ3v) is 5.78. The highest BCUT2D eigenvalue weighted by molar-refractivity contribution is 6.10. The van der Waals surface area contributed by atoms with Gasteiger partial charge in [-0.2, -0.15) is 0 Å². The molecular weight excluding hydrogens is 338 g/mol. The van der Waals surface area contributed by atoms with Gasteiger partial charge in [0.2, 0.25) is 5.91 Å². The van der Waals surface area contributed by atoms with Crippen LogP contribution in [0, 0.1) is 0 Å². The van der Waals surface area contributed by atoms with Crippen LogP contribution in [0.15, 0.2) is 42.5 Å². The molecular formula is C22H27N3O2. The summed E-state index contributed by atoms with van der Waals surface area (Å²) in [6, 6.07) is 14.3. The van der Waals surface area contributed by atoms with Gasteiger partial charge in [-0.1, -0.05) is 18.2 Å². The highest BCUT2D eigenvalue weighted by Crippen LogP contribution is 2.31. The summed E-state index contributed by atoms with van der Waals surface area (Å²) >= 11 is 0. The second kappa shape index (κ2) is 7.33. The molecule has 2 heterocycles. The maximum absolute atomic E-state index is 12.7. The molecule has 1 atom stereocenters. The number of hydrogen-bond acceptors (Lipinski definition) is 3. The van der Waals surface area contributed by atoms with E-state index in [4.69, 9.17) is 0 Å². The summed E-state index contributed by atoms with van der Waals surface area (Å²) in [6.45, 7) is 6.53. The first kappa shape index (κ1) is 18.0. The normalized spacial score (nSPS) is 17.4. The summed E-state index contributed by atoms with van der Waals surface area (Å²) < 4.78 is 2.30.